The third-order valence-electron chi connectivity index (χ3n) is 3.21. The zero-order chi connectivity index (χ0) is 11.4. The number of nitrogens with two attached hydrogens (primary N) is 1. The summed E-state index contributed by atoms with van der Waals surface area (Å²) >= 11 is 4.87. The van der Waals surface area contributed by atoms with Crippen LogP contribution in [0.4, 0.5) is 0 Å². The van der Waals surface area contributed by atoms with E-state index >= 15 is 0 Å². The molecule has 1 aliphatic heterocycles. The lowest BCUT2D eigenvalue weighted by atomic mass is 10.1. The monoisotopic (exact) mass is 229 g/mol. The molecule has 1 aliphatic rings. The van der Waals surface area contributed by atoms with E-state index in [-0.39, 0.29) is 0 Å². The summed E-state index contributed by atoms with van der Waals surface area (Å²) in [5.74, 6) is 0.768. The molecule has 2 unspecified atom stereocenters. The van der Waals surface area contributed by atoms with E-state index in [9.17, 15) is 0 Å². The second kappa shape index (κ2) is 5.77. The Labute approximate surface area is 98.6 Å². The third-order valence-corrected chi connectivity index (χ3v) is 3.41. The number of likely N-dealkylation sites (N-methyl/N-ethyl adjacent to an activating group) is 1. The molecule has 0 aliphatic carbocycles. The minimum absolute atomic E-state index is 0.645. The van der Waals surface area contributed by atoms with Crippen molar-refractivity contribution in [2.24, 2.45) is 11.7 Å². The van der Waals surface area contributed by atoms with E-state index in [1.54, 1.807) is 0 Å². The highest BCUT2D eigenvalue weighted by atomic mass is 32.1. The largest absolute Gasteiger partial charge is 0.393 e. The SMILES string of the molecule is CC1CN(CCCC(N)=S)CC1N(C)C. The zero-order valence-corrected chi connectivity index (χ0v) is 10.9. The highest BCUT2D eigenvalue weighted by Crippen LogP contribution is 2.19. The first-order valence-corrected chi connectivity index (χ1v) is 6.08. The van der Waals surface area contributed by atoms with Gasteiger partial charge in [-0.25, -0.2) is 0 Å². The molecule has 0 amide bonds. The second-order valence-corrected chi connectivity index (χ2v) is 5.36. The smallest absolute Gasteiger partial charge is 0.0727 e. The van der Waals surface area contributed by atoms with Gasteiger partial charge in [0.15, 0.2) is 0 Å². The van der Waals surface area contributed by atoms with Crippen molar-refractivity contribution in [3.63, 3.8) is 0 Å². The number of thiocarbonyl (C=S) groups is 1. The topological polar surface area (TPSA) is 32.5 Å². The molecule has 1 rings (SSSR count). The van der Waals surface area contributed by atoms with Crippen LogP contribution in [-0.4, -0.2) is 54.6 Å². The van der Waals surface area contributed by atoms with E-state index in [0.29, 0.717) is 11.0 Å². The summed E-state index contributed by atoms with van der Waals surface area (Å²) < 4.78 is 0. The number of likely N-dealkylation sites (tertiary alicyclic amines) is 1. The van der Waals surface area contributed by atoms with Crippen LogP contribution in [-0.2, 0) is 0 Å². The molecule has 0 aromatic heterocycles. The maximum atomic E-state index is 5.48. The van der Waals surface area contributed by atoms with Crippen LogP contribution in [0.25, 0.3) is 0 Å². The molecular weight excluding hydrogens is 206 g/mol. The molecule has 15 heavy (non-hydrogen) atoms. The zero-order valence-electron chi connectivity index (χ0n) is 10.1. The molecule has 0 spiro atoms. The molecule has 1 saturated heterocycles. The summed E-state index contributed by atoms with van der Waals surface area (Å²) in [4.78, 5) is 5.50. The molecule has 0 saturated carbocycles. The predicted molar refractivity (Wildman–Crippen MR) is 69.1 cm³/mol. The molecule has 0 aromatic carbocycles. The molecule has 2 atom stereocenters. The van der Waals surface area contributed by atoms with E-state index in [1.165, 1.54) is 13.1 Å². The normalized spacial score (nSPS) is 27.5. The van der Waals surface area contributed by atoms with E-state index in [4.69, 9.17) is 18.0 Å². The van der Waals surface area contributed by atoms with Crippen molar-refractivity contribution < 1.29 is 0 Å². The van der Waals surface area contributed by atoms with Crippen molar-refractivity contribution in [1.82, 2.24) is 9.80 Å². The molecule has 0 aromatic rings. The standard InChI is InChI=1S/C11H23N3S/c1-9-7-14(6-4-5-11(12)15)8-10(9)13(2)3/h9-10H,4-8H2,1-3H3,(H2,12,15). The maximum absolute atomic E-state index is 5.48. The Morgan fingerprint density at radius 3 is 2.60 bits per heavy atom. The van der Waals surface area contributed by atoms with Gasteiger partial charge in [-0.2, -0.15) is 0 Å². The van der Waals surface area contributed by atoms with Crippen molar-refractivity contribution in [2.75, 3.05) is 33.7 Å². The van der Waals surface area contributed by atoms with Gasteiger partial charge in [0.1, 0.15) is 0 Å². The lowest BCUT2D eigenvalue weighted by Gasteiger charge is -2.22. The van der Waals surface area contributed by atoms with Gasteiger partial charge in [0.05, 0.1) is 4.99 Å². The first kappa shape index (κ1) is 12.9. The predicted octanol–water partition coefficient (Wildman–Crippen LogP) is 0.935. The average Bonchev–Trinajstić information content (AvgIpc) is 2.46. The molecule has 0 radical (unpaired) electrons. The van der Waals surface area contributed by atoms with Gasteiger partial charge < -0.3 is 15.5 Å². The number of nitrogens with zero attached hydrogens (tertiary/aromatic N) is 2. The van der Waals surface area contributed by atoms with Gasteiger partial charge in [-0.05, 0) is 39.4 Å². The van der Waals surface area contributed by atoms with Crippen LogP contribution in [0.3, 0.4) is 0 Å². The maximum Gasteiger partial charge on any atom is 0.0727 e. The van der Waals surface area contributed by atoms with Crippen LogP contribution in [0.5, 0.6) is 0 Å². The second-order valence-electron chi connectivity index (χ2n) is 4.84. The fourth-order valence-electron chi connectivity index (χ4n) is 2.38. The summed E-state index contributed by atoms with van der Waals surface area (Å²) in [6.07, 6.45) is 1.98. The van der Waals surface area contributed by atoms with Crippen LogP contribution in [0.1, 0.15) is 19.8 Å². The molecule has 1 fully saturated rings. The summed E-state index contributed by atoms with van der Waals surface area (Å²) in [6, 6.07) is 0.704. The summed E-state index contributed by atoms with van der Waals surface area (Å²) in [5, 5.41) is 0. The van der Waals surface area contributed by atoms with Gasteiger partial charge in [0.25, 0.3) is 0 Å². The minimum atomic E-state index is 0.645. The highest BCUT2D eigenvalue weighted by molar-refractivity contribution is 7.80. The van der Waals surface area contributed by atoms with Crippen molar-refractivity contribution in [1.29, 1.82) is 0 Å². The van der Waals surface area contributed by atoms with Gasteiger partial charge in [0, 0.05) is 19.1 Å². The quantitative estimate of drug-likeness (QED) is 0.711. The first-order chi connectivity index (χ1) is 7.00. The molecule has 88 valence electrons. The van der Waals surface area contributed by atoms with Gasteiger partial charge >= 0.3 is 0 Å². The van der Waals surface area contributed by atoms with Gasteiger partial charge in [0.2, 0.25) is 0 Å². The summed E-state index contributed by atoms with van der Waals surface area (Å²) in [6.45, 7) is 5.86. The Balaban J connectivity index is 2.26. The minimum Gasteiger partial charge on any atom is -0.393 e. The molecule has 3 nitrogen and oxygen atoms in total. The van der Waals surface area contributed by atoms with Crippen LogP contribution in [0, 0.1) is 5.92 Å². The van der Waals surface area contributed by atoms with Gasteiger partial charge in [-0.15, -0.1) is 0 Å². The van der Waals surface area contributed by atoms with Crippen LogP contribution in [0.15, 0.2) is 0 Å². The fourth-order valence-corrected chi connectivity index (χ4v) is 2.52. The molecule has 0 bridgehead atoms. The van der Waals surface area contributed by atoms with E-state index in [1.807, 2.05) is 0 Å². The van der Waals surface area contributed by atoms with E-state index < -0.39 is 0 Å². The molecular formula is C11H23N3S. The van der Waals surface area contributed by atoms with Crippen LogP contribution in [0.2, 0.25) is 0 Å². The Morgan fingerprint density at radius 2 is 2.13 bits per heavy atom. The van der Waals surface area contributed by atoms with Crippen molar-refractivity contribution >= 4 is 17.2 Å². The number of rotatable bonds is 5. The summed E-state index contributed by atoms with van der Waals surface area (Å²) in [7, 11) is 4.33. The molecule has 4 heteroatoms. The lowest BCUT2D eigenvalue weighted by Crippen LogP contribution is -2.34. The van der Waals surface area contributed by atoms with E-state index in [2.05, 4.69) is 30.8 Å². The van der Waals surface area contributed by atoms with Crippen molar-refractivity contribution in [3.05, 3.63) is 0 Å². The first-order valence-electron chi connectivity index (χ1n) is 5.67. The lowest BCUT2D eigenvalue weighted by molar-refractivity contribution is 0.252. The number of hydrogen-bond donors (Lipinski definition) is 1. The Hall–Kier alpha value is -0.190. The number of hydrogen-bond acceptors (Lipinski definition) is 3. The highest BCUT2D eigenvalue weighted by Gasteiger charge is 2.30. The van der Waals surface area contributed by atoms with Gasteiger partial charge in [-0.3, -0.25) is 0 Å². The molecule has 2 N–H and O–H groups in total. The van der Waals surface area contributed by atoms with Crippen LogP contribution >= 0.6 is 12.2 Å². The van der Waals surface area contributed by atoms with E-state index in [0.717, 1.165) is 25.3 Å². The van der Waals surface area contributed by atoms with Crippen molar-refractivity contribution in [2.45, 2.75) is 25.8 Å². The van der Waals surface area contributed by atoms with Gasteiger partial charge in [-0.1, -0.05) is 19.1 Å². The molecule has 1 heterocycles. The van der Waals surface area contributed by atoms with Crippen LogP contribution < -0.4 is 5.73 Å². The Bertz CT molecular complexity index is 218. The Kier molecular flexibility index (Phi) is 4.96. The van der Waals surface area contributed by atoms with Crippen molar-refractivity contribution in [3.8, 4) is 0 Å². The summed E-state index contributed by atoms with van der Waals surface area (Å²) in [5.41, 5.74) is 5.48. The fraction of sp³-hybridized carbons (Fsp3) is 0.909. The average molecular weight is 229 g/mol. The third kappa shape index (κ3) is 4.05. The Morgan fingerprint density at radius 1 is 1.47 bits per heavy atom.